The van der Waals surface area contributed by atoms with Crippen LogP contribution in [0.3, 0.4) is 0 Å². The summed E-state index contributed by atoms with van der Waals surface area (Å²) >= 11 is 1.73. The highest BCUT2D eigenvalue weighted by Gasteiger charge is 2.05. The van der Waals surface area contributed by atoms with Crippen molar-refractivity contribution in [3.63, 3.8) is 0 Å². The lowest BCUT2D eigenvalue weighted by Crippen LogP contribution is -2.38. The topological polar surface area (TPSA) is 73.1 Å². The number of aromatic nitrogens is 1. The standard InChI is InChI=1S/C18H22FN5S/c1-3-15-12-23-17(25-15)7-8-22-18(21-4-2)24-11-14-6-5-13(10-20)9-16(14)19/h5-6,9,12H,3-4,7-8,11H2,1-2H3,(H2,21,22,24). The molecule has 0 bridgehead atoms. The molecule has 1 aromatic heterocycles. The molecule has 1 aromatic carbocycles. The van der Waals surface area contributed by atoms with Gasteiger partial charge in [-0.15, -0.1) is 11.3 Å². The quantitative estimate of drug-likeness (QED) is 0.589. The second kappa shape index (κ2) is 9.74. The van der Waals surface area contributed by atoms with Crippen LogP contribution < -0.4 is 10.6 Å². The molecule has 0 fully saturated rings. The third-order valence-corrected chi connectivity index (χ3v) is 4.72. The molecular formula is C18H22FN5S. The van der Waals surface area contributed by atoms with Crippen molar-refractivity contribution in [1.82, 2.24) is 15.6 Å². The van der Waals surface area contributed by atoms with Crippen molar-refractivity contribution in [2.24, 2.45) is 4.99 Å². The molecule has 2 aromatic rings. The Morgan fingerprint density at radius 2 is 2.20 bits per heavy atom. The summed E-state index contributed by atoms with van der Waals surface area (Å²) in [6, 6.07) is 6.36. The molecule has 0 aliphatic rings. The first kappa shape index (κ1) is 18.9. The molecule has 25 heavy (non-hydrogen) atoms. The molecule has 0 radical (unpaired) electrons. The number of hydrogen-bond donors (Lipinski definition) is 2. The van der Waals surface area contributed by atoms with Gasteiger partial charge in [0.2, 0.25) is 0 Å². The summed E-state index contributed by atoms with van der Waals surface area (Å²) in [5.74, 6) is 0.229. The van der Waals surface area contributed by atoms with E-state index < -0.39 is 5.82 Å². The third-order valence-electron chi connectivity index (χ3n) is 3.52. The second-order valence-corrected chi connectivity index (χ2v) is 6.56. The first-order valence-corrected chi connectivity index (χ1v) is 9.12. The van der Waals surface area contributed by atoms with E-state index in [1.165, 1.54) is 10.9 Å². The first-order chi connectivity index (χ1) is 12.2. The predicted molar refractivity (Wildman–Crippen MR) is 99.1 cm³/mol. The first-order valence-electron chi connectivity index (χ1n) is 8.30. The van der Waals surface area contributed by atoms with Gasteiger partial charge in [-0.05, 0) is 25.5 Å². The number of aliphatic imine (C=N–C) groups is 1. The van der Waals surface area contributed by atoms with Crippen LogP contribution in [-0.4, -0.2) is 24.0 Å². The molecule has 0 saturated carbocycles. The number of nitriles is 1. The van der Waals surface area contributed by atoms with E-state index in [1.807, 2.05) is 19.2 Å². The van der Waals surface area contributed by atoms with Gasteiger partial charge < -0.3 is 10.6 Å². The Balaban J connectivity index is 1.92. The van der Waals surface area contributed by atoms with Crippen molar-refractivity contribution < 1.29 is 4.39 Å². The van der Waals surface area contributed by atoms with E-state index in [4.69, 9.17) is 5.26 Å². The lowest BCUT2D eigenvalue weighted by molar-refractivity contribution is 0.609. The van der Waals surface area contributed by atoms with Crippen molar-refractivity contribution in [3.8, 4) is 6.07 Å². The molecule has 132 valence electrons. The Morgan fingerprint density at radius 3 is 2.84 bits per heavy atom. The maximum Gasteiger partial charge on any atom is 0.191 e. The van der Waals surface area contributed by atoms with E-state index in [0.29, 0.717) is 23.6 Å². The molecule has 7 heteroatoms. The Morgan fingerprint density at radius 1 is 1.36 bits per heavy atom. The number of benzene rings is 1. The zero-order valence-electron chi connectivity index (χ0n) is 14.5. The highest BCUT2D eigenvalue weighted by atomic mass is 32.1. The van der Waals surface area contributed by atoms with E-state index >= 15 is 0 Å². The van der Waals surface area contributed by atoms with Gasteiger partial charge in [-0.1, -0.05) is 13.0 Å². The number of nitrogens with zero attached hydrogens (tertiary/aromatic N) is 3. The number of aryl methyl sites for hydroxylation is 1. The number of halogens is 1. The maximum absolute atomic E-state index is 13.9. The molecule has 0 unspecified atom stereocenters. The molecule has 2 rings (SSSR count). The van der Waals surface area contributed by atoms with E-state index in [2.05, 4.69) is 27.5 Å². The van der Waals surface area contributed by atoms with E-state index in [0.717, 1.165) is 24.4 Å². The van der Waals surface area contributed by atoms with Crippen LogP contribution in [-0.2, 0) is 19.4 Å². The molecule has 0 amide bonds. The van der Waals surface area contributed by atoms with E-state index in [9.17, 15) is 4.39 Å². The minimum atomic E-state index is -0.409. The fourth-order valence-electron chi connectivity index (χ4n) is 2.17. The van der Waals surface area contributed by atoms with Crippen LogP contribution in [0.1, 0.15) is 34.9 Å². The van der Waals surface area contributed by atoms with Crippen molar-refractivity contribution in [3.05, 3.63) is 51.2 Å². The molecule has 0 aliphatic heterocycles. The number of guanidine groups is 1. The second-order valence-electron chi connectivity index (χ2n) is 5.36. The predicted octanol–water partition coefficient (Wildman–Crippen LogP) is 3.01. The molecule has 1 heterocycles. The monoisotopic (exact) mass is 359 g/mol. The van der Waals surface area contributed by atoms with Crippen LogP contribution in [0.25, 0.3) is 0 Å². The Hall–Kier alpha value is -2.46. The maximum atomic E-state index is 13.9. The van der Waals surface area contributed by atoms with Crippen LogP contribution >= 0.6 is 11.3 Å². The Kier molecular flexibility index (Phi) is 7.36. The molecule has 0 atom stereocenters. The minimum Gasteiger partial charge on any atom is -0.357 e. The van der Waals surface area contributed by atoms with Crippen molar-refractivity contribution in [2.75, 3.05) is 13.1 Å². The van der Waals surface area contributed by atoms with Gasteiger partial charge in [0, 0.05) is 36.1 Å². The van der Waals surface area contributed by atoms with Crippen molar-refractivity contribution >= 4 is 17.3 Å². The van der Waals surface area contributed by atoms with Gasteiger partial charge in [0.15, 0.2) is 5.96 Å². The van der Waals surface area contributed by atoms with E-state index in [-0.39, 0.29) is 6.54 Å². The highest BCUT2D eigenvalue weighted by molar-refractivity contribution is 7.11. The molecule has 5 nitrogen and oxygen atoms in total. The van der Waals surface area contributed by atoms with Gasteiger partial charge in [-0.3, -0.25) is 0 Å². The van der Waals surface area contributed by atoms with Gasteiger partial charge in [-0.2, -0.15) is 5.26 Å². The minimum absolute atomic E-state index is 0.212. The number of nitrogens with one attached hydrogen (secondary N) is 2. The van der Waals surface area contributed by atoms with Crippen LogP contribution in [0.5, 0.6) is 0 Å². The zero-order chi connectivity index (χ0) is 18.1. The van der Waals surface area contributed by atoms with Gasteiger partial charge in [0.25, 0.3) is 0 Å². The molecule has 0 spiro atoms. The van der Waals surface area contributed by atoms with Gasteiger partial charge in [-0.25, -0.2) is 14.4 Å². The molecule has 2 N–H and O–H groups in total. The number of thiazole rings is 1. The third kappa shape index (κ3) is 5.84. The van der Waals surface area contributed by atoms with Crippen LogP contribution in [0.4, 0.5) is 4.39 Å². The van der Waals surface area contributed by atoms with Crippen LogP contribution in [0, 0.1) is 17.1 Å². The summed E-state index contributed by atoms with van der Waals surface area (Å²) in [7, 11) is 0. The van der Waals surface area contributed by atoms with Crippen LogP contribution in [0.2, 0.25) is 0 Å². The average molecular weight is 359 g/mol. The summed E-state index contributed by atoms with van der Waals surface area (Å²) in [5.41, 5.74) is 0.772. The average Bonchev–Trinajstić information content (AvgIpc) is 3.08. The smallest absolute Gasteiger partial charge is 0.191 e. The fraction of sp³-hybridized carbons (Fsp3) is 0.389. The molecule has 0 saturated heterocycles. The lowest BCUT2D eigenvalue weighted by Gasteiger charge is -2.11. The Labute approximate surface area is 151 Å². The summed E-state index contributed by atoms with van der Waals surface area (Å²) in [4.78, 5) is 10.1. The fourth-order valence-corrected chi connectivity index (χ4v) is 3.03. The van der Waals surface area contributed by atoms with Crippen molar-refractivity contribution in [1.29, 1.82) is 5.26 Å². The van der Waals surface area contributed by atoms with Crippen LogP contribution in [0.15, 0.2) is 29.4 Å². The lowest BCUT2D eigenvalue weighted by atomic mass is 10.1. The largest absolute Gasteiger partial charge is 0.357 e. The number of rotatable bonds is 7. The summed E-state index contributed by atoms with van der Waals surface area (Å²) in [6.07, 6.45) is 3.75. The Bertz CT molecular complexity index is 763. The molecule has 0 aliphatic carbocycles. The SMILES string of the molecule is CCNC(=NCc1ccc(C#N)cc1F)NCCc1ncc(CC)s1. The number of hydrogen-bond acceptors (Lipinski definition) is 4. The van der Waals surface area contributed by atoms with Gasteiger partial charge in [0.1, 0.15) is 5.82 Å². The summed E-state index contributed by atoms with van der Waals surface area (Å²) in [6.45, 7) is 5.74. The summed E-state index contributed by atoms with van der Waals surface area (Å²) < 4.78 is 13.9. The van der Waals surface area contributed by atoms with Gasteiger partial charge >= 0.3 is 0 Å². The molecular weight excluding hydrogens is 337 g/mol. The summed E-state index contributed by atoms with van der Waals surface area (Å²) in [5, 5.41) is 16.3. The van der Waals surface area contributed by atoms with E-state index in [1.54, 1.807) is 23.5 Å². The zero-order valence-corrected chi connectivity index (χ0v) is 15.3. The van der Waals surface area contributed by atoms with Crippen molar-refractivity contribution in [2.45, 2.75) is 33.2 Å². The normalized spacial score (nSPS) is 11.2. The highest BCUT2D eigenvalue weighted by Crippen LogP contribution is 2.13. The van der Waals surface area contributed by atoms with Gasteiger partial charge in [0.05, 0.1) is 23.2 Å².